The fourth-order valence-corrected chi connectivity index (χ4v) is 2.03. The average molecular weight is 399 g/mol. The smallest absolute Gasteiger partial charge is 0.349 e. The minimum atomic E-state index is -1.14. The Morgan fingerprint density at radius 2 is 1.90 bits per heavy atom. The van der Waals surface area contributed by atoms with Gasteiger partial charge in [-0.1, -0.05) is 53.0 Å². The van der Waals surface area contributed by atoms with Crippen molar-refractivity contribution in [2.75, 3.05) is 0 Å². The molecule has 0 bridgehead atoms. The third kappa shape index (κ3) is 4.15. The van der Waals surface area contributed by atoms with Crippen LogP contribution >= 0.6 is 39.1 Å². The van der Waals surface area contributed by atoms with Gasteiger partial charge in [0.1, 0.15) is 15.4 Å². The maximum atomic E-state index is 11.9. The highest BCUT2D eigenvalue weighted by Crippen LogP contribution is 2.33. The summed E-state index contributed by atoms with van der Waals surface area (Å²) in [6.07, 6.45) is 0. The first kappa shape index (κ1) is 17.9. The summed E-state index contributed by atoms with van der Waals surface area (Å²) in [6.45, 7) is 3.50. The van der Waals surface area contributed by atoms with Gasteiger partial charge in [-0.05, 0) is 12.0 Å². The van der Waals surface area contributed by atoms with Crippen LogP contribution in [0.3, 0.4) is 0 Å². The van der Waals surface area contributed by atoms with E-state index in [2.05, 4.69) is 20.7 Å². The number of nitro groups is 1. The highest BCUT2D eigenvalue weighted by Gasteiger charge is 2.29. The van der Waals surface area contributed by atoms with Crippen molar-refractivity contribution in [2.24, 2.45) is 5.92 Å². The molecule has 0 aromatic heterocycles. The molecule has 114 valence electrons. The van der Waals surface area contributed by atoms with Gasteiger partial charge in [0.2, 0.25) is 0 Å². The molecule has 1 atom stereocenters. The molecule has 0 spiro atoms. The van der Waals surface area contributed by atoms with Crippen LogP contribution in [0.25, 0.3) is 0 Å². The van der Waals surface area contributed by atoms with Crippen LogP contribution in [0.4, 0.5) is 5.69 Å². The maximum absolute atomic E-state index is 11.9. The molecule has 21 heavy (non-hydrogen) atoms. The molecule has 0 fully saturated rings. The van der Waals surface area contributed by atoms with Gasteiger partial charge in [0.15, 0.2) is 0 Å². The number of alkyl halides is 1. The van der Waals surface area contributed by atoms with Crippen LogP contribution in [0, 0.1) is 16.0 Å². The summed E-state index contributed by atoms with van der Waals surface area (Å²) in [5.41, 5.74) is -0.913. The summed E-state index contributed by atoms with van der Waals surface area (Å²) in [5.74, 6) is -2.07. The molecule has 0 amide bonds. The van der Waals surface area contributed by atoms with Crippen molar-refractivity contribution < 1.29 is 19.2 Å². The molecule has 1 rings (SSSR count). The molecule has 0 saturated carbocycles. The number of benzene rings is 1. The number of halogens is 3. The average Bonchev–Trinajstić information content (AvgIpc) is 2.36. The third-order valence-corrected chi connectivity index (χ3v) is 4.60. The molecule has 0 N–H and O–H groups in total. The SMILES string of the molecule is CC(C)[C@@H](Br)C(=O)OC(=O)c1c(Cl)ccc([N+](=O)[O-])c1Cl. The Morgan fingerprint density at radius 3 is 2.38 bits per heavy atom. The number of hydrogen-bond donors (Lipinski definition) is 0. The minimum absolute atomic E-state index is 0.110. The molecular weight excluding hydrogens is 389 g/mol. The van der Waals surface area contributed by atoms with Crippen LogP contribution in [0.5, 0.6) is 0 Å². The minimum Gasteiger partial charge on any atom is -0.388 e. The van der Waals surface area contributed by atoms with E-state index in [-0.39, 0.29) is 10.9 Å². The molecule has 0 aliphatic heterocycles. The van der Waals surface area contributed by atoms with Crippen LogP contribution in [0.15, 0.2) is 12.1 Å². The van der Waals surface area contributed by atoms with Gasteiger partial charge in [-0.25, -0.2) is 4.79 Å². The summed E-state index contributed by atoms with van der Waals surface area (Å²) in [6, 6.07) is 2.20. The first-order valence-corrected chi connectivity index (χ1v) is 7.36. The van der Waals surface area contributed by atoms with Crippen molar-refractivity contribution in [1.82, 2.24) is 0 Å². The molecule has 0 aliphatic carbocycles. The van der Waals surface area contributed by atoms with Crippen molar-refractivity contribution >= 4 is 56.8 Å². The lowest BCUT2D eigenvalue weighted by atomic mass is 10.1. The van der Waals surface area contributed by atoms with Crippen molar-refractivity contribution in [3.63, 3.8) is 0 Å². The molecule has 9 heteroatoms. The fraction of sp³-hybridized carbons (Fsp3) is 0.333. The molecular formula is C12H10BrCl2NO5. The van der Waals surface area contributed by atoms with Crippen molar-refractivity contribution in [1.29, 1.82) is 0 Å². The lowest BCUT2D eigenvalue weighted by molar-refractivity contribution is -0.384. The van der Waals surface area contributed by atoms with Crippen LogP contribution in [0.2, 0.25) is 10.0 Å². The molecule has 0 heterocycles. The Bertz CT molecular complexity index is 606. The number of esters is 2. The molecule has 6 nitrogen and oxygen atoms in total. The topological polar surface area (TPSA) is 86.5 Å². The predicted molar refractivity (Wildman–Crippen MR) is 81.1 cm³/mol. The summed E-state index contributed by atoms with van der Waals surface area (Å²) < 4.78 is 4.64. The first-order valence-electron chi connectivity index (χ1n) is 5.69. The van der Waals surface area contributed by atoms with Crippen LogP contribution in [0.1, 0.15) is 24.2 Å². The first-order chi connectivity index (χ1) is 9.66. The van der Waals surface area contributed by atoms with Crippen LogP contribution in [-0.2, 0) is 9.53 Å². The lowest BCUT2D eigenvalue weighted by Crippen LogP contribution is -2.25. The second-order valence-electron chi connectivity index (χ2n) is 4.37. The van der Waals surface area contributed by atoms with E-state index >= 15 is 0 Å². The van der Waals surface area contributed by atoms with Gasteiger partial charge < -0.3 is 4.74 Å². The van der Waals surface area contributed by atoms with E-state index in [1.807, 2.05) is 0 Å². The van der Waals surface area contributed by atoms with Crippen molar-refractivity contribution in [3.05, 3.63) is 37.9 Å². The summed E-state index contributed by atoms with van der Waals surface area (Å²) in [5, 5.41) is 10.2. The van der Waals surface area contributed by atoms with E-state index in [9.17, 15) is 19.7 Å². The molecule has 0 unspecified atom stereocenters. The predicted octanol–water partition coefficient (Wildman–Crippen LogP) is 4.00. The van der Waals surface area contributed by atoms with E-state index in [0.717, 1.165) is 12.1 Å². The maximum Gasteiger partial charge on any atom is 0.349 e. The molecule has 1 aromatic carbocycles. The summed E-state index contributed by atoms with van der Waals surface area (Å²) in [4.78, 5) is 33.0. The summed E-state index contributed by atoms with van der Waals surface area (Å²) >= 11 is 14.7. The highest BCUT2D eigenvalue weighted by atomic mass is 79.9. The zero-order chi connectivity index (χ0) is 16.3. The van der Waals surface area contributed by atoms with Gasteiger partial charge in [-0.3, -0.25) is 14.9 Å². The Labute approximate surface area is 138 Å². The highest BCUT2D eigenvalue weighted by molar-refractivity contribution is 9.10. The molecule has 1 aromatic rings. The normalized spacial score (nSPS) is 12.1. The fourth-order valence-electron chi connectivity index (χ4n) is 1.34. The van der Waals surface area contributed by atoms with Crippen molar-refractivity contribution in [2.45, 2.75) is 18.7 Å². The number of nitrogens with zero attached hydrogens (tertiary/aromatic N) is 1. The number of hydrogen-bond acceptors (Lipinski definition) is 5. The summed E-state index contributed by atoms with van der Waals surface area (Å²) in [7, 11) is 0. The third-order valence-electron chi connectivity index (χ3n) is 2.48. The lowest BCUT2D eigenvalue weighted by Gasteiger charge is -2.12. The molecule has 0 aliphatic rings. The standard InChI is InChI=1S/C12H10BrCl2NO5/c1-5(2)9(13)12(18)21-11(17)8-6(14)3-4-7(10(8)15)16(19)20/h3-5,9H,1-2H3/t9-/m1/s1. The van der Waals surface area contributed by atoms with Gasteiger partial charge in [0.25, 0.3) is 5.69 Å². The Hall–Kier alpha value is -1.18. The second kappa shape index (κ2) is 7.20. The van der Waals surface area contributed by atoms with Gasteiger partial charge in [0, 0.05) is 6.07 Å². The number of carbonyl (C=O) groups is 2. The number of rotatable bonds is 4. The number of nitro benzene ring substituents is 1. The Kier molecular flexibility index (Phi) is 6.12. The van der Waals surface area contributed by atoms with Crippen molar-refractivity contribution in [3.8, 4) is 0 Å². The van der Waals surface area contributed by atoms with E-state index < -0.39 is 38.0 Å². The quantitative estimate of drug-likeness (QED) is 0.251. The van der Waals surface area contributed by atoms with Crippen LogP contribution in [-0.4, -0.2) is 21.7 Å². The van der Waals surface area contributed by atoms with E-state index in [1.165, 1.54) is 0 Å². The van der Waals surface area contributed by atoms with Crippen LogP contribution < -0.4 is 0 Å². The van der Waals surface area contributed by atoms with Gasteiger partial charge >= 0.3 is 11.9 Å². The largest absolute Gasteiger partial charge is 0.388 e. The van der Waals surface area contributed by atoms with Gasteiger partial charge in [-0.15, -0.1) is 0 Å². The second-order valence-corrected chi connectivity index (χ2v) is 6.14. The van der Waals surface area contributed by atoms with E-state index in [1.54, 1.807) is 13.8 Å². The number of ether oxygens (including phenoxy) is 1. The molecule has 0 saturated heterocycles. The Balaban J connectivity index is 3.11. The Morgan fingerprint density at radius 1 is 1.33 bits per heavy atom. The number of carbonyl (C=O) groups excluding carboxylic acids is 2. The van der Waals surface area contributed by atoms with E-state index in [4.69, 9.17) is 23.2 Å². The zero-order valence-electron chi connectivity index (χ0n) is 10.9. The van der Waals surface area contributed by atoms with Gasteiger partial charge in [0.05, 0.1) is 9.95 Å². The monoisotopic (exact) mass is 397 g/mol. The zero-order valence-corrected chi connectivity index (χ0v) is 14.0. The molecule has 0 radical (unpaired) electrons. The van der Waals surface area contributed by atoms with E-state index in [0.29, 0.717) is 0 Å². The van der Waals surface area contributed by atoms with Gasteiger partial charge in [-0.2, -0.15) is 0 Å².